The molecule has 0 aliphatic heterocycles. The first-order valence-corrected chi connectivity index (χ1v) is 5.01. The molecule has 1 aromatic heterocycles. The first-order valence-electron chi connectivity index (χ1n) is 4.63. The number of aliphatic hydroxyl groups excluding tert-OH is 2. The van der Waals surface area contributed by atoms with E-state index in [4.69, 9.17) is 11.6 Å². The minimum absolute atomic E-state index is 0.186. The molecule has 15 heavy (non-hydrogen) atoms. The summed E-state index contributed by atoms with van der Waals surface area (Å²) in [5.74, 6) is 0.437. The van der Waals surface area contributed by atoms with Gasteiger partial charge in [0.05, 0.1) is 31.1 Å². The molecule has 0 aromatic carbocycles. The molecule has 0 radical (unpaired) electrons. The smallest absolute Gasteiger partial charge is 0.149 e. The second-order valence-electron chi connectivity index (χ2n) is 3.30. The lowest BCUT2D eigenvalue weighted by molar-refractivity contribution is 0.132. The van der Waals surface area contributed by atoms with Crippen molar-refractivity contribution < 1.29 is 10.2 Å². The zero-order chi connectivity index (χ0) is 11.3. The fourth-order valence-electron chi connectivity index (χ4n) is 1.12. The van der Waals surface area contributed by atoms with Crippen LogP contribution in [0.2, 0.25) is 5.15 Å². The first-order chi connectivity index (χ1) is 7.15. The molecule has 0 aliphatic carbocycles. The van der Waals surface area contributed by atoms with Crippen LogP contribution in [-0.2, 0) is 0 Å². The molecule has 0 unspecified atom stereocenters. The van der Waals surface area contributed by atoms with E-state index in [0.29, 0.717) is 12.2 Å². The lowest BCUT2D eigenvalue weighted by Crippen LogP contribution is -2.45. The van der Waals surface area contributed by atoms with Gasteiger partial charge in [0.25, 0.3) is 0 Å². The monoisotopic (exact) mass is 231 g/mol. The topological polar surface area (TPSA) is 78.3 Å². The minimum atomic E-state index is -0.778. The molecule has 6 heteroatoms. The van der Waals surface area contributed by atoms with Gasteiger partial charge in [-0.2, -0.15) is 0 Å². The van der Waals surface area contributed by atoms with Gasteiger partial charge in [0.1, 0.15) is 11.0 Å². The van der Waals surface area contributed by atoms with E-state index in [-0.39, 0.29) is 18.4 Å². The molecule has 84 valence electrons. The van der Waals surface area contributed by atoms with Crippen molar-refractivity contribution in [1.29, 1.82) is 0 Å². The number of aromatic nitrogens is 2. The number of nitrogens with zero attached hydrogens (tertiary/aromatic N) is 2. The van der Waals surface area contributed by atoms with E-state index in [1.165, 1.54) is 12.4 Å². The Kier molecular flexibility index (Phi) is 4.26. The molecular formula is C9H14ClN3O2. The second-order valence-corrected chi connectivity index (χ2v) is 3.69. The van der Waals surface area contributed by atoms with Gasteiger partial charge in [-0.1, -0.05) is 18.5 Å². The van der Waals surface area contributed by atoms with Crippen LogP contribution in [0.25, 0.3) is 0 Å². The zero-order valence-corrected chi connectivity index (χ0v) is 9.20. The highest BCUT2D eigenvalue weighted by atomic mass is 35.5. The van der Waals surface area contributed by atoms with Gasteiger partial charge in [0.15, 0.2) is 0 Å². The number of nitrogens with one attached hydrogen (secondary N) is 1. The van der Waals surface area contributed by atoms with Crippen LogP contribution >= 0.6 is 11.6 Å². The maximum atomic E-state index is 9.20. The van der Waals surface area contributed by atoms with Crippen LogP contribution in [0, 0.1) is 0 Å². The molecule has 0 atom stereocenters. The van der Waals surface area contributed by atoms with Gasteiger partial charge in [-0.15, -0.1) is 0 Å². The van der Waals surface area contributed by atoms with Crippen molar-refractivity contribution in [3.05, 3.63) is 17.5 Å². The Hall–Kier alpha value is -0.910. The van der Waals surface area contributed by atoms with Crippen molar-refractivity contribution in [2.75, 3.05) is 18.5 Å². The number of halogens is 1. The van der Waals surface area contributed by atoms with Crippen LogP contribution in [0.1, 0.15) is 13.3 Å². The average molecular weight is 232 g/mol. The van der Waals surface area contributed by atoms with Gasteiger partial charge < -0.3 is 15.5 Å². The minimum Gasteiger partial charge on any atom is -0.394 e. The molecule has 0 aliphatic rings. The lowest BCUT2D eigenvalue weighted by Gasteiger charge is -2.30. The van der Waals surface area contributed by atoms with Crippen LogP contribution in [-0.4, -0.2) is 38.9 Å². The second kappa shape index (κ2) is 5.25. The Labute approximate surface area is 93.1 Å². The van der Waals surface area contributed by atoms with Crippen molar-refractivity contribution >= 4 is 17.4 Å². The van der Waals surface area contributed by atoms with Gasteiger partial charge in [-0.05, 0) is 6.42 Å². The number of hydrogen-bond acceptors (Lipinski definition) is 5. The predicted molar refractivity (Wildman–Crippen MR) is 57.9 cm³/mol. The first kappa shape index (κ1) is 12.2. The lowest BCUT2D eigenvalue weighted by atomic mass is 9.99. The van der Waals surface area contributed by atoms with Gasteiger partial charge in [-0.3, -0.25) is 4.98 Å². The largest absolute Gasteiger partial charge is 0.394 e. The highest BCUT2D eigenvalue weighted by molar-refractivity contribution is 6.29. The molecule has 3 N–H and O–H groups in total. The maximum Gasteiger partial charge on any atom is 0.149 e. The van der Waals surface area contributed by atoms with Crippen LogP contribution in [0.3, 0.4) is 0 Å². The summed E-state index contributed by atoms with van der Waals surface area (Å²) in [4.78, 5) is 7.82. The summed E-state index contributed by atoms with van der Waals surface area (Å²) in [6.45, 7) is 1.49. The summed E-state index contributed by atoms with van der Waals surface area (Å²) in [5.41, 5.74) is -0.778. The Morgan fingerprint density at radius 1 is 1.40 bits per heavy atom. The van der Waals surface area contributed by atoms with Crippen molar-refractivity contribution in [2.24, 2.45) is 0 Å². The van der Waals surface area contributed by atoms with Crippen molar-refractivity contribution in [1.82, 2.24) is 9.97 Å². The maximum absolute atomic E-state index is 9.20. The molecule has 1 aromatic rings. The van der Waals surface area contributed by atoms with E-state index in [0.717, 1.165) is 0 Å². The summed E-state index contributed by atoms with van der Waals surface area (Å²) in [6.07, 6.45) is 3.47. The van der Waals surface area contributed by atoms with Crippen LogP contribution in [0.4, 0.5) is 5.82 Å². The molecule has 5 nitrogen and oxygen atoms in total. The number of rotatable bonds is 5. The highest BCUT2D eigenvalue weighted by Gasteiger charge is 2.26. The van der Waals surface area contributed by atoms with E-state index in [2.05, 4.69) is 15.3 Å². The van der Waals surface area contributed by atoms with E-state index >= 15 is 0 Å². The number of hydrogen-bond donors (Lipinski definition) is 3. The van der Waals surface area contributed by atoms with Crippen LogP contribution in [0.15, 0.2) is 12.4 Å². The fraction of sp³-hybridized carbons (Fsp3) is 0.556. The van der Waals surface area contributed by atoms with E-state index in [9.17, 15) is 10.2 Å². The van der Waals surface area contributed by atoms with Crippen LogP contribution in [0.5, 0.6) is 0 Å². The van der Waals surface area contributed by atoms with Crippen molar-refractivity contribution in [3.63, 3.8) is 0 Å². The normalized spacial score (nSPS) is 11.5. The molecule has 1 rings (SSSR count). The SMILES string of the molecule is CCC(CO)(CO)Nc1cncc(Cl)n1. The summed E-state index contributed by atoms with van der Waals surface area (Å²) in [5, 5.41) is 21.6. The number of anilines is 1. The quantitative estimate of drug-likeness (QED) is 0.695. The van der Waals surface area contributed by atoms with Gasteiger partial charge in [0, 0.05) is 0 Å². The molecule has 0 fully saturated rings. The Morgan fingerprint density at radius 3 is 2.53 bits per heavy atom. The van der Waals surface area contributed by atoms with Gasteiger partial charge >= 0.3 is 0 Å². The standard InChI is InChI=1S/C9H14ClN3O2/c1-2-9(5-14,6-15)13-8-4-11-3-7(10)12-8/h3-4,14-15H,2,5-6H2,1H3,(H,12,13). The predicted octanol–water partition coefficient (Wildman–Crippen LogP) is 0.675. The van der Waals surface area contributed by atoms with Gasteiger partial charge in [-0.25, -0.2) is 4.98 Å². The molecule has 1 heterocycles. The molecule has 0 saturated heterocycles. The summed E-state index contributed by atoms with van der Waals surface area (Å²) < 4.78 is 0. The van der Waals surface area contributed by atoms with Crippen LogP contribution < -0.4 is 5.32 Å². The molecule has 0 saturated carbocycles. The third kappa shape index (κ3) is 3.02. The summed E-state index contributed by atoms with van der Waals surface area (Å²) >= 11 is 5.66. The third-order valence-corrected chi connectivity index (χ3v) is 2.46. The number of aliphatic hydroxyl groups is 2. The summed E-state index contributed by atoms with van der Waals surface area (Å²) in [7, 11) is 0. The third-order valence-electron chi connectivity index (χ3n) is 2.28. The average Bonchev–Trinajstić information content (AvgIpc) is 2.26. The van der Waals surface area contributed by atoms with Gasteiger partial charge in [0.2, 0.25) is 0 Å². The fourth-order valence-corrected chi connectivity index (χ4v) is 1.26. The molecular weight excluding hydrogens is 218 g/mol. The Bertz CT molecular complexity index is 310. The highest BCUT2D eigenvalue weighted by Crippen LogP contribution is 2.16. The molecule has 0 amide bonds. The van der Waals surface area contributed by atoms with E-state index < -0.39 is 5.54 Å². The zero-order valence-electron chi connectivity index (χ0n) is 8.44. The van der Waals surface area contributed by atoms with E-state index in [1.807, 2.05) is 6.92 Å². The van der Waals surface area contributed by atoms with Crippen molar-refractivity contribution in [2.45, 2.75) is 18.9 Å². The Balaban J connectivity index is 2.82. The Morgan fingerprint density at radius 2 is 2.07 bits per heavy atom. The van der Waals surface area contributed by atoms with E-state index in [1.54, 1.807) is 0 Å². The molecule has 0 bridgehead atoms. The van der Waals surface area contributed by atoms with Crippen molar-refractivity contribution in [3.8, 4) is 0 Å². The summed E-state index contributed by atoms with van der Waals surface area (Å²) in [6, 6.07) is 0. The molecule has 0 spiro atoms.